The molecule has 0 bridgehead atoms. The van der Waals surface area contributed by atoms with Gasteiger partial charge in [-0.3, -0.25) is 4.79 Å². The van der Waals surface area contributed by atoms with Crippen molar-refractivity contribution >= 4 is 11.9 Å². The highest BCUT2D eigenvalue weighted by Crippen LogP contribution is 2.36. The van der Waals surface area contributed by atoms with Gasteiger partial charge in [0.2, 0.25) is 5.91 Å². The van der Waals surface area contributed by atoms with Gasteiger partial charge in [0.25, 0.3) is 0 Å². The van der Waals surface area contributed by atoms with Crippen molar-refractivity contribution in [3.8, 4) is 0 Å². The predicted molar refractivity (Wildman–Crippen MR) is 71.8 cm³/mol. The third kappa shape index (κ3) is 2.61. The molecule has 2 aliphatic rings. The molecule has 5 heteroatoms. The van der Waals surface area contributed by atoms with E-state index in [1.807, 2.05) is 0 Å². The number of nitrogens with one attached hydrogen (secondary N) is 2. The van der Waals surface area contributed by atoms with Crippen LogP contribution in [0.3, 0.4) is 0 Å². The summed E-state index contributed by atoms with van der Waals surface area (Å²) >= 11 is 0. The first-order valence-corrected chi connectivity index (χ1v) is 7.31. The summed E-state index contributed by atoms with van der Waals surface area (Å²) in [6, 6.07) is 0. The van der Waals surface area contributed by atoms with Gasteiger partial charge in [0.1, 0.15) is 5.54 Å². The monoisotopic (exact) mass is 268 g/mol. The quantitative estimate of drug-likeness (QED) is 0.702. The van der Waals surface area contributed by atoms with Crippen LogP contribution in [0.15, 0.2) is 0 Å². The standard InChI is InChI=1S/C14H24N2O3/c1-2-5-13(6-4-9-15-10-13)11(17)16-14(12(18)19)7-3-8-14/h15H,2-10H2,1H3,(H,16,17)(H,18,19). The van der Waals surface area contributed by atoms with Gasteiger partial charge >= 0.3 is 5.97 Å². The van der Waals surface area contributed by atoms with Crippen LogP contribution in [0.2, 0.25) is 0 Å². The van der Waals surface area contributed by atoms with Gasteiger partial charge in [-0.2, -0.15) is 0 Å². The molecule has 1 saturated heterocycles. The van der Waals surface area contributed by atoms with E-state index in [2.05, 4.69) is 17.6 Å². The van der Waals surface area contributed by atoms with E-state index in [9.17, 15) is 14.7 Å². The molecule has 0 radical (unpaired) electrons. The van der Waals surface area contributed by atoms with Crippen LogP contribution in [0.25, 0.3) is 0 Å². The molecule has 0 aromatic carbocycles. The maximum absolute atomic E-state index is 12.6. The average molecular weight is 268 g/mol. The van der Waals surface area contributed by atoms with E-state index in [-0.39, 0.29) is 5.91 Å². The van der Waals surface area contributed by atoms with Crippen molar-refractivity contribution < 1.29 is 14.7 Å². The number of hydrogen-bond acceptors (Lipinski definition) is 3. The van der Waals surface area contributed by atoms with Gasteiger partial charge in [0.15, 0.2) is 0 Å². The number of aliphatic carboxylic acids is 1. The largest absolute Gasteiger partial charge is 0.480 e. The Morgan fingerprint density at radius 3 is 2.42 bits per heavy atom. The highest BCUT2D eigenvalue weighted by molar-refractivity contribution is 5.90. The third-order valence-corrected chi connectivity index (χ3v) is 4.65. The van der Waals surface area contributed by atoms with Crippen LogP contribution in [0.5, 0.6) is 0 Å². The molecule has 1 unspecified atom stereocenters. The Bertz CT molecular complexity index is 352. The zero-order valence-corrected chi connectivity index (χ0v) is 11.6. The van der Waals surface area contributed by atoms with Crippen molar-refractivity contribution in [1.29, 1.82) is 0 Å². The van der Waals surface area contributed by atoms with Crippen LogP contribution < -0.4 is 10.6 Å². The molecular weight excluding hydrogens is 244 g/mol. The second-order valence-corrected chi connectivity index (χ2v) is 6.01. The van der Waals surface area contributed by atoms with Crippen LogP contribution in [-0.2, 0) is 9.59 Å². The smallest absolute Gasteiger partial charge is 0.329 e. The maximum Gasteiger partial charge on any atom is 0.329 e. The minimum Gasteiger partial charge on any atom is -0.480 e. The lowest BCUT2D eigenvalue weighted by Crippen LogP contribution is -2.63. The van der Waals surface area contributed by atoms with E-state index in [0.717, 1.165) is 38.6 Å². The highest BCUT2D eigenvalue weighted by atomic mass is 16.4. The Balaban J connectivity index is 2.09. The Hall–Kier alpha value is -1.10. The number of piperidine rings is 1. The molecule has 0 aromatic heterocycles. The SMILES string of the molecule is CCCC1(C(=O)NC2(C(=O)O)CCC2)CCCNC1. The number of carboxylic acids is 1. The zero-order valence-electron chi connectivity index (χ0n) is 11.6. The number of hydrogen-bond donors (Lipinski definition) is 3. The lowest BCUT2D eigenvalue weighted by Gasteiger charge is -2.43. The van der Waals surface area contributed by atoms with E-state index in [4.69, 9.17) is 0 Å². The van der Waals surface area contributed by atoms with E-state index in [1.165, 1.54) is 0 Å². The van der Waals surface area contributed by atoms with Gasteiger partial charge < -0.3 is 15.7 Å². The Morgan fingerprint density at radius 2 is 2.00 bits per heavy atom. The molecule has 1 saturated carbocycles. The highest BCUT2D eigenvalue weighted by Gasteiger charge is 2.49. The molecule has 2 fully saturated rings. The van der Waals surface area contributed by atoms with Gasteiger partial charge in [-0.1, -0.05) is 13.3 Å². The van der Waals surface area contributed by atoms with E-state index < -0.39 is 16.9 Å². The van der Waals surface area contributed by atoms with E-state index in [0.29, 0.717) is 19.4 Å². The minimum absolute atomic E-state index is 0.0661. The topological polar surface area (TPSA) is 78.4 Å². The molecule has 1 aliphatic heterocycles. The summed E-state index contributed by atoms with van der Waals surface area (Å²) in [4.78, 5) is 24.0. The van der Waals surface area contributed by atoms with Crippen molar-refractivity contribution in [2.75, 3.05) is 13.1 Å². The van der Waals surface area contributed by atoms with Gasteiger partial charge in [0, 0.05) is 6.54 Å². The fourth-order valence-corrected chi connectivity index (χ4v) is 3.24. The molecule has 1 heterocycles. The minimum atomic E-state index is -0.991. The van der Waals surface area contributed by atoms with Crippen LogP contribution in [0, 0.1) is 5.41 Å². The van der Waals surface area contributed by atoms with Gasteiger partial charge in [-0.15, -0.1) is 0 Å². The molecule has 2 rings (SSSR count). The molecule has 1 amide bonds. The first-order valence-electron chi connectivity index (χ1n) is 7.31. The van der Waals surface area contributed by atoms with E-state index >= 15 is 0 Å². The molecule has 1 atom stereocenters. The van der Waals surface area contributed by atoms with Gasteiger partial charge in [-0.25, -0.2) is 4.79 Å². The molecule has 108 valence electrons. The molecule has 3 N–H and O–H groups in total. The van der Waals surface area contributed by atoms with Gasteiger partial charge in [0.05, 0.1) is 5.41 Å². The second-order valence-electron chi connectivity index (χ2n) is 6.01. The molecule has 5 nitrogen and oxygen atoms in total. The van der Waals surface area contributed by atoms with Crippen molar-refractivity contribution in [2.24, 2.45) is 5.41 Å². The Morgan fingerprint density at radius 1 is 1.26 bits per heavy atom. The molecule has 0 spiro atoms. The van der Waals surface area contributed by atoms with Crippen LogP contribution in [0.1, 0.15) is 51.9 Å². The second kappa shape index (κ2) is 5.49. The third-order valence-electron chi connectivity index (χ3n) is 4.65. The number of rotatable bonds is 5. The van der Waals surface area contributed by atoms with Crippen molar-refractivity contribution in [1.82, 2.24) is 10.6 Å². The molecular formula is C14H24N2O3. The number of carbonyl (C=O) groups is 2. The zero-order chi connectivity index (χ0) is 13.9. The van der Waals surface area contributed by atoms with Crippen molar-refractivity contribution in [2.45, 2.75) is 57.4 Å². The number of amides is 1. The Kier molecular flexibility index (Phi) is 4.13. The van der Waals surface area contributed by atoms with Crippen LogP contribution >= 0.6 is 0 Å². The van der Waals surface area contributed by atoms with Crippen molar-refractivity contribution in [3.05, 3.63) is 0 Å². The van der Waals surface area contributed by atoms with E-state index in [1.54, 1.807) is 0 Å². The first kappa shape index (κ1) is 14.3. The summed E-state index contributed by atoms with van der Waals surface area (Å²) in [5.74, 6) is -0.953. The molecule has 19 heavy (non-hydrogen) atoms. The summed E-state index contributed by atoms with van der Waals surface area (Å²) in [5, 5.41) is 15.4. The molecule has 0 aromatic rings. The first-order chi connectivity index (χ1) is 9.05. The van der Waals surface area contributed by atoms with Crippen LogP contribution in [-0.4, -0.2) is 35.6 Å². The normalized spacial score (nSPS) is 29.3. The Labute approximate surface area is 114 Å². The summed E-state index contributed by atoms with van der Waals surface area (Å²) in [6.45, 7) is 3.69. The lowest BCUT2D eigenvalue weighted by molar-refractivity contribution is -0.154. The maximum atomic E-state index is 12.6. The fraction of sp³-hybridized carbons (Fsp3) is 0.857. The van der Waals surface area contributed by atoms with Crippen LogP contribution in [0.4, 0.5) is 0 Å². The fourth-order valence-electron chi connectivity index (χ4n) is 3.24. The predicted octanol–water partition coefficient (Wildman–Crippen LogP) is 1.28. The summed E-state index contributed by atoms with van der Waals surface area (Å²) in [7, 11) is 0. The number of carboxylic acid groups (broad SMARTS) is 1. The number of carbonyl (C=O) groups excluding carboxylic acids is 1. The summed E-state index contributed by atoms with van der Waals surface area (Å²) < 4.78 is 0. The average Bonchev–Trinajstić information content (AvgIpc) is 2.34. The molecule has 1 aliphatic carbocycles. The van der Waals surface area contributed by atoms with Gasteiger partial charge in [-0.05, 0) is 45.1 Å². The van der Waals surface area contributed by atoms with Crippen molar-refractivity contribution in [3.63, 3.8) is 0 Å². The summed E-state index contributed by atoms with van der Waals surface area (Å²) in [5.41, 5.74) is -1.40. The lowest BCUT2D eigenvalue weighted by atomic mass is 9.72. The summed E-state index contributed by atoms with van der Waals surface area (Å²) in [6.07, 6.45) is 5.60.